The first-order valence-corrected chi connectivity index (χ1v) is 7.41. The SMILES string of the molecule is CCN(CC)CCNC(=O)c1cc(OC)c(OC)c(OC)c1. The van der Waals surface area contributed by atoms with Gasteiger partial charge in [0.05, 0.1) is 21.3 Å². The summed E-state index contributed by atoms with van der Waals surface area (Å²) in [5.41, 5.74) is 0.481. The summed E-state index contributed by atoms with van der Waals surface area (Å²) in [6.07, 6.45) is 0. The monoisotopic (exact) mass is 310 g/mol. The molecule has 1 aromatic carbocycles. The molecule has 0 aromatic heterocycles. The van der Waals surface area contributed by atoms with E-state index in [1.807, 2.05) is 0 Å². The molecule has 6 heteroatoms. The molecule has 0 aliphatic heterocycles. The normalized spacial score (nSPS) is 10.5. The Morgan fingerprint density at radius 2 is 1.59 bits per heavy atom. The van der Waals surface area contributed by atoms with Gasteiger partial charge in [0.1, 0.15) is 0 Å². The molecular weight excluding hydrogens is 284 g/mol. The molecule has 22 heavy (non-hydrogen) atoms. The Hall–Kier alpha value is -1.95. The highest BCUT2D eigenvalue weighted by Gasteiger charge is 2.16. The van der Waals surface area contributed by atoms with Crippen molar-refractivity contribution in [1.82, 2.24) is 10.2 Å². The quantitative estimate of drug-likeness (QED) is 0.753. The third kappa shape index (κ3) is 4.53. The highest BCUT2D eigenvalue weighted by molar-refractivity contribution is 5.95. The number of benzene rings is 1. The molecule has 124 valence electrons. The van der Waals surface area contributed by atoms with Gasteiger partial charge in [-0.3, -0.25) is 4.79 Å². The lowest BCUT2D eigenvalue weighted by molar-refractivity contribution is 0.0948. The molecule has 0 unspecified atom stereocenters. The molecule has 0 saturated heterocycles. The molecule has 0 aliphatic rings. The van der Waals surface area contributed by atoms with Crippen molar-refractivity contribution < 1.29 is 19.0 Å². The average molecular weight is 310 g/mol. The third-order valence-corrected chi connectivity index (χ3v) is 3.53. The second-order valence-corrected chi connectivity index (χ2v) is 4.70. The second kappa shape index (κ2) is 9.15. The van der Waals surface area contributed by atoms with Gasteiger partial charge in [-0.1, -0.05) is 13.8 Å². The van der Waals surface area contributed by atoms with E-state index in [2.05, 4.69) is 24.1 Å². The topological polar surface area (TPSA) is 60.0 Å². The smallest absolute Gasteiger partial charge is 0.251 e. The maximum Gasteiger partial charge on any atom is 0.251 e. The van der Waals surface area contributed by atoms with E-state index in [9.17, 15) is 4.79 Å². The highest BCUT2D eigenvalue weighted by atomic mass is 16.5. The molecule has 0 aliphatic carbocycles. The molecule has 0 heterocycles. The Labute approximate surface area is 132 Å². The molecule has 6 nitrogen and oxygen atoms in total. The summed E-state index contributed by atoms with van der Waals surface area (Å²) in [4.78, 5) is 14.5. The zero-order chi connectivity index (χ0) is 16.5. The summed E-state index contributed by atoms with van der Waals surface area (Å²) in [5.74, 6) is 1.25. The number of methoxy groups -OCH3 is 3. The van der Waals surface area contributed by atoms with Gasteiger partial charge in [-0.25, -0.2) is 0 Å². The van der Waals surface area contributed by atoms with E-state index in [1.54, 1.807) is 12.1 Å². The third-order valence-electron chi connectivity index (χ3n) is 3.53. The highest BCUT2D eigenvalue weighted by Crippen LogP contribution is 2.38. The standard InChI is InChI=1S/C16H26N2O4/c1-6-18(7-2)9-8-17-16(19)12-10-13(20-3)15(22-5)14(11-12)21-4/h10-11H,6-9H2,1-5H3,(H,17,19). The maximum atomic E-state index is 12.3. The van der Waals surface area contributed by atoms with Gasteiger partial charge in [0.25, 0.3) is 5.91 Å². The average Bonchev–Trinajstić information content (AvgIpc) is 2.56. The number of carbonyl (C=O) groups is 1. The van der Waals surface area contributed by atoms with Gasteiger partial charge < -0.3 is 24.4 Å². The lowest BCUT2D eigenvalue weighted by Crippen LogP contribution is -2.34. The van der Waals surface area contributed by atoms with Gasteiger partial charge in [-0.2, -0.15) is 0 Å². The van der Waals surface area contributed by atoms with Crippen LogP contribution in [0.1, 0.15) is 24.2 Å². The fourth-order valence-electron chi connectivity index (χ4n) is 2.18. The Morgan fingerprint density at radius 3 is 2.00 bits per heavy atom. The number of hydrogen-bond donors (Lipinski definition) is 1. The van der Waals surface area contributed by atoms with Gasteiger partial charge in [0, 0.05) is 18.7 Å². The molecule has 0 bridgehead atoms. The van der Waals surface area contributed by atoms with Crippen LogP contribution in [0.5, 0.6) is 17.2 Å². The summed E-state index contributed by atoms with van der Waals surface area (Å²) in [6, 6.07) is 3.29. The fraction of sp³-hybridized carbons (Fsp3) is 0.562. The predicted molar refractivity (Wildman–Crippen MR) is 86.2 cm³/mol. The van der Waals surface area contributed by atoms with Crippen molar-refractivity contribution in [2.45, 2.75) is 13.8 Å². The molecule has 1 N–H and O–H groups in total. The van der Waals surface area contributed by atoms with E-state index >= 15 is 0 Å². The molecule has 0 spiro atoms. The van der Waals surface area contributed by atoms with Crippen LogP contribution in [-0.4, -0.2) is 58.3 Å². The molecule has 0 atom stereocenters. The van der Waals surface area contributed by atoms with Gasteiger partial charge >= 0.3 is 0 Å². The summed E-state index contributed by atoms with van der Waals surface area (Å²) in [5, 5.41) is 2.91. The van der Waals surface area contributed by atoms with Crippen LogP contribution in [0.15, 0.2) is 12.1 Å². The van der Waals surface area contributed by atoms with E-state index in [0.29, 0.717) is 29.4 Å². The van der Waals surface area contributed by atoms with Crippen LogP contribution >= 0.6 is 0 Å². The molecule has 0 saturated carbocycles. The first-order valence-electron chi connectivity index (χ1n) is 7.41. The number of rotatable bonds is 9. The molecule has 1 rings (SSSR count). The molecule has 1 aromatic rings. The lowest BCUT2D eigenvalue weighted by Gasteiger charge is -2.18. The minimum atomic E-state index is -0.161. The van der Waals surface area contributed by atoms with Gasteiger partial charge in [-0.05, 0) is 25.2 Å². The number of nitrogens with one attached hydrogen (secondary N) is 1. The molecule has 0 fully saturated rings. The van der Waals surface area contributed by atoms with E-state index in [-0.39, 0.29) is 5.91 Å². The van der Waals surface area contributed by atoms with Gasteiger partial charge in [0.15, 0.2) is 11.5 Å². The van der Waals surface area contributed by atoms with E-state index in [1.165, 1.54) is 21.3 Å². The van der Waals surface area contributed by atoms with Gasteiger partial charge in [0.2, 0.25) is 5.75 Å². The fourth-order valence-corrected chi connectivity index (χ4v) is 2.18. The maximum absolute atomic E-state index is 12.3. The number of likely N-dealkylation sites (N-methyl/N-ethyl adjacent to an activating group) is 1. The van der Waals surface area contributed by atoms with Crippen LogP contribution in [0.25, 0.3) is 0 Å². The van der Waals surface area contributed by atoms with Crippen molar-refractivity contribution in [1.29, 1.82) is 0 Å². The minimum Gasteiger partial charge on any atom is -0.493 e. The molecule has 0 radical (unpaired) electrons. The zero-order valence-corrected chi connectivity index (χ0v) is 14.1. The van der Waals surface area contributed by atoms with Crippen molar-refractivity contribution in [2.24, 2.45) is 0 Å². The lowest BCUT2D eigenvalue weighted by atomic mass is 10.1. The van der Waals surface area contributed by atoms with Crippen LogP contribution in [0, 0.1) is 0 Å². The number of carbonyl (C=O) groups excluding carboxylic acids is 1. The Bertz CT molecular complexity index is 462. The van der Waals surface area contributed by atoms with Gasteiger partial charge in [-0.15, -0.1) is 0 Å². The number of nitrogens with zero attached hydrogens (tertiary/aromatic N) is 1. The molecular formula is C16H26N2O4. The van der Waals surface area contributed by atoms with Crippen LogP contribution < -0.4 is 19.5 Å². The van der Waals surface area contributed by atoms with Crippen molar-refractivity contribution in [3.8, 4) is 17.2 Å². The Balaban J connectivity index is 2.81. The van der Waals surface area contributed by atoms with Crippen LogP contribution in [-0.2, 0) is 0 Å². The number of hydrogen-bond acceptors (Lipinski definition) is 5. The summed E-state index contributed by atoms with van der Waals surface area (Å²) >= 11 is 0. The zero-order valence-electron chi connectivity index (χ0n) is 14.1. The summed E-state index contributed by atoms with van der Waals surface area (Å²) in [6.45, 7) is 7.56. The largest absolute Gasteiger partial charge is 0.493 e. The van der Waals surface area contributed by atoms with Crippen molar-refractivity contribution in [2.75, 3.05) is 47.5 Å². The number of amides is 1. The second-order valence-electron chi connectivity index (χ2n) is 4.70. The Morgan fingerprint density at radius 1 is 1.05 bits per heavy atom. The van der Waals surface area contributed by atoms with Crippen LogP contribution in [0.3, 0.4) is 0 Å². The molecule has 1 amide bonds. The number of ether oxygens (including phenoxy) is 3. The van der Waals surface area contributed by atoms with Crippen LogP contribution in [0.4, 0.5) is 0 Å². The summed E-state index contributed by atoms with van der Waals surface area (Å²) < 4.78 is 15.8. The predicted octanol–water partition coefficient (Wildman–Crippen LogP) is 1.78. The van der Waals surface area contributed by atoms with Crippen molar-refractivity contribution >= 4 is 5.91 Å². The first kappa shape index (κ1) is 18.1. The first-order chi connectivity index (χ1) is 10.6. The minimum absolute atomic E-state index is 0.161. The van der Waals surface area contributed by atoms with E-state index in [0.717, 1.165) is 19.6 Å². The van der Waals surface area contributed by atoms with Crippen molar-refractivity contribution in [3.05, 3.63) is 17.7 Å². The van der Waals surface area contributed by atoms with Crippen LogP contribution in [0.2, 0.25) is 0 Å². The Kier molecular flexibility index (Phi) is 7.52. The van der Waals surface area contributed by atoms with E-state index in [4.69, 9.17) is 14.2 Å². The van der Waals surface area contributed by atoms with Crippen molar-refractivity contribution in [3.63, 3.8) is 0 Å². The van der Waals surface area contributed by atoms with E-state index < -0.39 is 0 Å². The summed E-state index contributed by atoms with van der Waals surface area (Å²) in [7, 11) is 4.59.